The highest BCUT2D eigenvalue weighted by atomic mass is 35.5. The Hall–Kier alpha value is -0.970. The predicted octanol–water partition coefficient (Wildman–Crippen LogP) is 2.04. The fraction of sp³-hybridized carbons (Fsp3) is 0.300. The van der Waals surface area contributed by atoms with Crippen LogP contribution in [-0.2, 0) is 4.79 Å². The lowest BCUT2D eigenvalue weighted by Crippen LogP contribution is -2.38. The average molecular weight is 261 g/mol. The lowest BCUT2D eigenvalue weighted by atomic mass is 10.1. The standard InChI is InChI=1S/C10H10Cl2N2O2/c11-5-3-6(12)9-7(4-5)14-10(15)8(16-9)1-2-13/h3-4,8H,1-2,13H2,(H,14,15). The summed E-state index contributed by atoms with van der Waals surface area (Å²) in [5.74, 6) is 0.223. The van der Waals surface area contributed by atoms with Crippen molar-refractivity contribution in [1.29, 1.82) is 0 Å². The van der Waals surface area contributed by atoms with Gasteiger partial charge < -0.3 is 15.8 Å². The van der Waals surface area contributed by atoms with Crippen molar-refractivity contribution in [2.75, 3.05) is 11.9 Å². The van der Waals surface area contributed by atoms with Crippen LogP contribution in [-0.4, -0.2) is 18.6 Å². The van der Waals surface area contributed by atoms with Crippen molar-refractivity contribution in [3.63, 3.8) is 0 Å². The molecule has 1 heterocycles. The molecule has 1 unspecified atom stereocenters. The van der Waals surface area contributed by atoms with Gasteiger partial charge in [0, 0.05) is 11.4 Å². The maximum atomic E-state index is 11.6. The second-order valence-electron chi connectivity index (χ2n) is 3.44. The summed E-state index contributed by atoms with van der Waals surface area (Å²) in [7, 11) is 0. The lowest BCUT2D eigenvalue weighted by Gasteiger charge is -2.26. The number of amides is 1. The number of benzene rings is 1. The maximum absolute atomic E-state index is 11.6. The number of nitrogens with one attached hydrogen (secondary N) is 1. The topological polar surface area (TPSA) is 64.3 Å². The molecule has 0 saturated carbocycles. The molecular formula is C10H10Cl2N2O2. The first-order valence-corrected chi connectivity index (χ1v) is 5.54. The molecule has 6 heteroatoms. The number of fused-ring (bicyclic) bond motifs is 1. The summed E-state index contributed by atoms with van der Waals surface area (Å²) in [6.45, 7) is 0.374. The van der Waals surface area contributed by atoms with Crippen molar-refractivity contribution in [3.8, 4) is 5.75 Å². The van der Waals surface area contributed by atoms with Crippen LogP contribution in [0, 0.1) is 0 Å². The molecule has 2 rings (SSSR count). The highest BCUT2D eigenvalue weighted by Gasteiger charge is 2.28. The van der Waals surface area contributed by atoms with Crippen LogP contribution in [0.5, 0.6) is 5.75 Å². The van der Waals surface area contributed by atoms with Crippen LogP contribution in [0.3, 0.4) is 0 Å². The van der Waals surface area contributed by atoms with Crippen LogP contribution in [0.15, 0.2) is 12.1 Å². The fourth-order valence-electron chi connectivity index (χ4n) is 1.52. The number of ether oxygens (including phenoxy) is 1. The molecule has 0 radical (unpaired) electrons. The molecule has 4 nitrogen and oxygen atoms in total. The Kier molecular flexibility index (Phi) is 3.23. The predicted molar refractivity (Wildman–Crippen MR) is 63.2 cm³/mol. The quantitative estimate of drug-likeness (QED) is 0.856. The first kappa shape index (κ1) is 11.5. The Bertz CT molecular complexity index is 437. The van der Waals surface area contributed by atoms with Gasteiger partial charge in [-0.2, -0.15) is 0 Å². The number of carbonyl (C=O) groups excluding carboxylic acids is 1. The van der Waals surface area contributed by atoms with E-state index in [9.17, 15) is 4.79 Å². The Morgan fingerprint density at radius 2 is 2.19 bits per heavy atom. The van der Waals surface area contributed by atoms with Crippen LogP contribution >= 0.6 is 23.2 Å². The number of hydrogen-bond acceptors (Lipinski definition) is 3. The van der Waals surface area contributed by atoms with Crippen LogP contribution in [0.2, 0.25) is 10.0 Å². The van der Waals surface area contributed by atoms with Gasteiger partial charge in [0.25, 0.3) is 5.91 Å². The Morgan fingerprint density at radius 3 is 2.88 bits per heavy atom. The normalized spacial score (nSPS) is 18.7. The monoisotopic (exact) mass is 260 g/mol. The van der Waals surface area contributed by atoms with Gasteiger partial charge >= 0.3 is 0 Å². The minimum absolute atomic E-state index is 0.226. The molecule has 0 aromatic heterocycles. The zero-order chi connectivity index (χ0) is 11.7. The number of hydrogen-bond donors (Lipinski definition) is 2. The fourth-order valence-corrected chi connectivity index (χ4v) is 2.06. The molecule has 1 aromatic rings. The van der Waals surface area contributed by atoms with E-state index < -0.39 is 6.10 Å². The van der Waals surface area contributed by atoms with Crippen molar-refractivity contribution in [2.45, 2.75) is 12.5 Å². The molecule has 1 aliphatic rings. The maximum Gasteiger partial charge on any atom is 0.265 e. The molecule has 3 N–H and O–H groups in total. The zero-order valence-electron chi connectivity index (χ0n) is 8.30. The summed E-state index contributed by atoms with van der Waals surface area (Å²) < 4.78 is 5.49. The molecule has 1 aliphatic heterocycles. The van der Waals surface area contributed by atoms with E-state index >= 15 is 0 Å². The molecule has 1 amide bonds. The van der Waals surface area contributed by atoms with Gasteiger partial charge in [0.05, 0.1) is 10.7 Å². The van der Waals surface area contributed by atoms with Crippen molar-refractivity contribution in [3.05, 3.63) is 22.2 Å². The van der Waals surface area contributed by atoms with Gasteiger partial charge in [0.2, 0.25) is 0 Å². The second kappa shape index (κ2) is 4.49. The number of carbonyl (C=O) groups is 1. The smallest absolute Gasteiger partial charge is 0.265 e. The van der Waals surface area contributed by atoms with Crippen LogP contribution in [0.25, 0.3) is 0 Å². The van der Waals surface area contributed by atoms with Gasteiger partial charge in [-0.3, -0.25) is 4.79 Å². The van der Waals surface area contributed by atoms with E-state index in [1.54, 1.807) is 12.1 Å². The van der Waals surface area contributed by atoms with Crippen molar-refractivity contribution < 1.29 is 9.53 Å². The van der Waals surface area contributed by atoms with Gasteiger partial charge in [-0.25, -0.2) is 0 Å². The van der Waals surface area contributed by atoms with Crippen molar-refractivity contribution in [1.82, 2.24) is 0 Å². The molecule has 0 aliphatic carbocycles. The van der Waals surface area contributed by atoms with Crippen LogP contribution in [0.1, 0.15) is 6.42 Å². The van der Waals surface area contributed by atoms with E-state index in [1.165, 1.54) is 0 Å². The van der Waals surface area contributed by atoms with Crippen molar-refractivity contribution >= 4 is 34.8 Å². The molecule has 0 fully saturated rings. The first-order valence-electron chi connectivity index (χ1n) is 4.78. The molecule has 0 saturated heterocycles. The van der Waals surface area contributed by atoms with Gasteiger partial charge in [-0.05, 0) is 18.7 Å². The molecule has 86 valence electrons. The summed E-state index contributed by atoms with van der Waals surface area (Å²) in [4.78, 5) is 11.6. The SMILES string of the molecule is NCCC1Oc2c(Cl)cc(Cl)cc2NC1=O. The Labute approximate surface area is 103 Å². The van der Waals surface area contributed by atoms with Gasteiger partial charge in [-0.15, -0.1) is 0 Å². The number of nitrogens with two attached hydrogens (primary N) is 1. The summed E-state index contributed by atoms with van der Waals surface area (Å²) in [6, 6.07) is 3.16. The molecule has 0 bridgehead atoms. The molecular weight excluding hydrogens is 251 g/mol. The number of rotatable bonds is 2. The minimum atomic E-state index is -0.587. The van der Waals surface area contributed by atoms with Crippen LogP contribution < -0.4 is 15.8 Å². The zero-order valence-corrected chi connectivity index (χ0v) is 9.81. The third-order valence-electron chi connectivity index (χ3n) is 2.25. The highest BCUT2D eigenvalue weighted by molar-refractivity contribution is 6.36. The summed E-state index contributed by atoms with van der Waals surface area (Å²) in [5.41, 5.74) is 5.89. The third kappa shape index (κ3) is 2.09. The largest absolute Gasteiger partial charge is 0.477 e. The van der Waals surface area contributed by atoms with E-state index in [-0.39, 0.29) is 5.91 Å². The summed E-state index contributed by atoms with van der Waals surface area (Å²) in [6.07, 6.45) is -0.138. The van der Waals surface area contributed by atoms with E-state index in [0.29, 0.717) is 34.4 Å². The summed E-state index contributed by atoms with van der Waals surface area (Å²) >= 11 is 11.8. The molecule has 1 aromatic carbocycles. The summed E-state index contributed by atoms with van der Waals surface area (Å²) in [5, 5.41) is 3.52. The molecule has 1 atom stereocenters. The number of anilines is 1. The second-order valence-corrected chi connectivity index (χ2v) is 4.28. The Morgan fingerprint density at radius 1 is 1.44 bits per heavy atom. The number of halogens is 2. The van der Waals surface area contributed by atoms with E-state index in [4.69, 9.17) is 33.7 Å². The molecule has 16 heavy (non-hydrogen) atoms. The van der Waals surface area contributed by atoms with E-state index in [2.05, 4.69) is 5.32 Å². The average Bonchev–Trinajstić information content (AvgIpc) is 2.20. The third-order valence-corrected chi connectivity index (χ3v) is 2.75. The van der Waals surface area contributed by atoms with Gasteiger partial charge in [0.1, 0.15) is 0 Å². The first-order chi connectivity index (χ1) is 7.61. The van der Waals surface area contributed by atoms with E-state index in [0.717, 1.165) is 0 Å². The molecule has 0 spiro atoms. The minimum Gasteiger partial charge on any atom is -0.477 e. The highest BCUT2D eigenvalue weighted by Crippen LogP contribution is 2.39. The Balaban J connectivity index is 2.35. The van der Waals surface area contributed by atoms with E-state index in [1.807, 2.05) is 0 Å². The lowest BCUT2D eigenvalue weighted by molar-refractivity contribution is -0.123. The van der Waals surface area contributed by atoms with Crippen LogP contribution in [0.4, 0.5) is 5.69 Å². The van der Waals surface area contributed by atoms with Gasteiger partial charge in [0.15, 0.2) is 11.9 Å². The van der Waals surface area contributed by atoms with Gasteiger partial charge in [-0.1, -0.05) is 23.2 Å². The van der Waals surface area contributed by atoms with Crippen molar-refractivity contribution in [2.24, 2.45) is 5.73 Å².